The minimum absolute atomic E-state index is 0.0848. The number of phenolic OH excluding ortho intramolecular Hbond substituents is 1. The van der Waals surface area contributed by atoms with Gasteiger partial charge < -0.3 is 14.9 Å². The van der Waals surface area contributed by atoms with Gasteiger partial charge in [0.05, 0.1) is 11.3 Å². The average molecular weight is 705 g/mol. The lowest BCUT2D eigenvalue weighted by Crippen LogP contribution is -2.56. The van der Waals surface area contributed by atoms with Gasteiger partial charge in [0.25, 0.3) is 0 Å². The smallest absolute Gasteiger partial charge is 0.416 e. The van der Waals surface area contributed by atoms with Crippen molar-refractivity contribution in [2.75, 3.05) is 26.2 Å². The molecule has 2 heterocycles. The van der Waals surface area contributed by atoms with Crippen LogP contribution in [0.15, 0.2) is 134 Å². The van der Waals surface area contributed by atoms with E-state index >= 15 is 0 Å². The Kier molecular flexibility index (Phi) is 11.5. The number of halogens is 3. The summed E-state index contributed by atoms with van der Waals surface area (Å²) in [5.41, 5.74) is 4.06. The van der Waals surface area contributed by atoms with E-state index in [2.05, 4.69) is 22.0 Å². The van der Waals surface area contributed by atoms with Crippen molar-refractivity contribution in [2.45, 2.75) is 31.7 Å². The lowest BCUT2D eigenvalue weighted by molar-refractivity contribution is -0.145. The number of alkyl halides is 3. The van der Waals surface area contributed by atoms with E-state index in [-0.39, 0.29) is 24.6 Å². The van der Waals surface area contributed by atoms with E-state index in [1.54, 1.807) is 35.4 Å². The third-order valence-electron chi connectivity index (χ3n) is 9.17. The van der Waals surface area contributed by atoms with Crippen LogP contribution in [-0.2, 0) is 35.3 Å². The van der Waals surface area contributed by atoms with Crippen molar-refractivity contribution in [3.05, 3.63) is 161 Å². The fraction of sp³-hybridized carbons (Fsp3) is 0.214. The highest BCUT2D eigenvalue weighted by Gasteiger charge is 2.34. The molecule has 0 radical (unpaired) electrons. The second-order valence-corrected chi connectivity index (χ2v) is 12.8. The van der Waals surface area contributed by atoms with Gasteiger partial charge in [0.1, 0.15) is 11.8 Å². The quantitative estimate of drug-likeness (QED) is 0.145. The van der Waals surface area contributed by atoms with Crippen molar-refractivity contribution >= 4 is 17.9 Å². The zero-order valence-corrected chi connectivity index (χ0v) is 28.5. The van der Waals surface area contributed by atoms with E-state index in [4.69, 9.17) is 0 Å². The lowest BCUT2D eigenvalue weighted by Gasteiger charge is -2.39. The molecule has 0 unspecified atom stereocenters. The number of hydrogen-bond donors (Lipinski definition) is 1. The Morgan fingerprint density at radius 1 is 0.769 bits per heavy atom. The number of carbonyl (C=O) groups excluding carboxylic acids is 2. The van der Waals surface area contributed by atoms with Crippen LogP contribution in [0.1, 0.15) is 27.8 Å². The molecule has 1 atom stereocenters. The van der Waals surface area contributed by atoms with Crippen molar-refractivity contribution < 1.29 is 27.9 Å². The van der Waals surface area contributed by atoms with Crippen LogP contribution in [0.5, 0.6) is 5.75 Å². The molecule has 1 saturated heterocycles. The molecular weight excluding hydrogens is 665 g/mol. The number of hydrogen-bond acceptors (Lipinski definition) is 5. The molecule has 0 bridgehead atoms. The van der Waals surface area contributed by atoms with Gasteiger partial charge in [0, 0.05) is 63.5 Å². The molecule has 7 nitrogen and oxygen atoms in total. The van der Waals surface area contributed by atoms with E-state index in [0.29, 0.717) is 31.7 Å². The molecule has 1 aliphatic heterocycles. The lowest BCUT2D eigenvalue weighted by atomic mass is 10.0. The van der Waals surface area contributed by atoms with Gasteiger partial charge in [0.2, 0.25) is 11.8 Å². The number of aromatic hydroxyl groups is 1. The number of aromatic nitrogens is 1. The monoisotopic (exact) mass is 704 g/mol. The number of nitrogens with zero attached hydrogens (tertiary/aromatic N) is 4. The summed E-state index contributed by atoms with van der Waals surface area (Å²) in [6, 6.07) is 33.6. The maximum atomic E-state index is 14.5. The van der Waals surface area contributed by atoms with Crippen LogP contribution in [0.2, 0.25) is 0 Å². The molecule has 0 spiro atoms. The molecule has 1 aliphatic rings. The normalized spacial score (nSPS) is 14.3. The topological polar surface area (TPSA) is 77.0 Å². The summed E-state index contributed by atoms with van der Waals surface area (Å²) in [5.74, 6) is -0.580. The number of pyridine rings is 1. The zero-order valence-electron chi connectivity index (χ0n) is 28.5. The Bertz CT molecular complexity index is 1940. The molecule has 0 saturated carbocycles. The Hall–Kier alpha value is -5.74. The molecule has 1 aromatic heterocycles. The van der Waals surface area contributed by atoms with Crippen LogP contribution >= 0.6 is 0 Å². The fourth-order valence-electron chi connectivity index (χ4n) is 6.26. The second-order valence-electron chi connectivity index (χ2n) is 12.8. The summed E-state index contributed by atoms with van der Waals surface area (Å²) in [5, 5.41) is 9.95. The minimum Gasteiger partial charge on any atom is -0.508 e. The number of amides is 2. The van der Waals surface area contributed by atoms with Gasteiger partial charge in [-0.3, -0.25) is 19.5 Å². The minimum atomic E-state index is -4.48. The summed E-state index contributed by atoms with van der Waals surface area (Å²) in [7, 11) is 0. The van der Waals surface area contributed by atoms with Crippen LogP contribution in [-0.4, -0.2) is 68.8 Å². The van der Waals surface area contributed by atoms with Crippen molar-refractivity contribution in [3.63, 3.8) is 0 Å². The van der Waals surface area contributed by atoms with E-state index in [9.17, 15) is 27.9 Å². The Morgan fingerprint density at radius 3 is 2.06 bits per heavy atom. The van der Waals surface area contributed by atoms with Gasteiger partial charge in [-0.25, -0.2) is 0 Å². The third kappa shape index (κ3) is 9.52. The van der Waals surface area contributed by atoms with Gasteiger partial charge in [-0.1, -0.05) is 84.9 Å². The number of benzene rings is 4. The number of rotatable bonds is 11. The van der Waals surface area contributed by atoms with Gasteiger partial charge >= 0.3 is 6.18 Å². The predicted octanol–water partition coefficient (Wildman–Crippen LogP) is 7.47. The predicted molar refractivity (Wildman–Crippen MR) is 195 cm³/mol. The first kappa shape index (κ1) is 36.1. The molecule has 2 amide bonds. The van der Waals surface area contributed by atoms with Gasteiger partial charge in [0.15, 0.2) is 0 Å². The Labute approximate surface area is 301 Å². The SMILES string of the molecule is O=C([C@H](Cc1ccc(O)cc1)N(Cc1ccc(-c2ccccn2)cc1)C(=O)C=Cc1ccc(C(F)(F)F)cc1)N1CCN(Cc2ccccc2)CC1. The average Bonchev–Trinajstić information content (AvgIpc) is 3.17. The number of phenols is 1. The summed E-state index contributed by atoms with van der Waals surface area (Å²) >= 11 is 0. The summed E-state index contributed by atoms with van der Waals surface area (Å²) in [4.78, 5) is 38.8. The Balaban J connectivity index is 1.29. The highest BCUT2D eigenvalue weighted by atomic mass is 19.4. The first-order valence-electron chi connectivity index (χ1n) is 17.1. The van der Waals surface area contributed by atoms with E-state index in [1.165, 1.54) is 34.7 Å². The molecule has 52 heavy (non-hydrogen) atoms. The molecule has 10 heteroatoms. The molecule has 0 aliphatic carbocycles. The highest BCUT2D eigenvalue weighted by molar-refractivity contribution is 5.95. The van der Waals surface area contributed by atoms with Crippen LogP contribution in [0.3, 0.4) is 0 Å². The van der Waals surface area contributed by atoms with Crippen LogP contribution in [0.25, 0.3) is 17.3 Å². The van der Waals surface area contributed by atoms with E-state index in [1.807, 2.05) is 60.7 Å². The van der Waals surface area contributed by atoms with Crippen LogP contribution in [0, 0.1) is 0 Å². The molecule has 1 N–H and O–H groups in total. The second kappa shape index (κ2) is 16.5. The molecule has 1 fully saturated rings. The van der Waals surface area contributed by atoms with Crippen molar-refractivity contribution in [3.8, 4) is 17.0 Å². The van der Waals surface area contributed by atoms with Crippen molar-refractivity contribution in [1.82, 2.24) is 19.7 Å². The Morgan fingerprint density at radius 2 is 1.42 bits per heavy atom. The van der Waals surface area contributed by atoms with Gasteiger partial charge in [-0.15, -0.1) is 0 Å². The van der Waals surface area contributed by atoms with E-state index < -0.39 is 23.7 Å². The first-order chi connectivity index (χ1) is 25.1. The molecule has 4 aromatic carbocycles. The summed E-state index contributed by atoms with van der Waals surface area (Å²) in [6.45, 7) is 3.18. The van der Waals surface area contributed by atoms with Gasteiger partial charge in [-0.05, 0) is 64.7 Å². The maximum Gasteiger partial charge on any atom is 0.416 e. The van der Waals surface area contributed by atoms with Gasteiger partial charge in [-0.2, -0.15) is 13.2 Å². The third-order valence-corrected chi connectivity index (χ3v) is 9.17. The largest absolute Gasteiger partial charge is 0.508 e. The first-order valence-corrected chi connectivity index (χ1v) is 17.1. The summed E-state index contributed by atoms with van der Waals surface area (Å²) < 4.78 is 39.5. The molecule has 5 aromatic rings. The zero-order chi connectivity index (χ0) is 36.5. The summed E-state index contributed by atoms with van der Waals surface area (Å²) in [6.07, 6.45) is 0.197. The van der Waals surface area contributed by atoms with Crippen molar-refractivity contribution in [1.29, 1.82) is 0 Å². The molecule has 6 rings (SSSR count). The standard InChI is InChI=1S/C42H39F3N4O3/c43-42(44,45)36-18-11-31(12-19-36)15-22-40(51)49(30-34-9-16-35(17-10-34)38-8-4-5-23-46-38)39(28-32-13-20-37(50)21-14-32)41(52)48-26-24-47(25-27-48)29-33-6-2-1-3-7-33/h1-23,39,50H,24-30H2/t39-/m0/s1. The van der Waals surface area contributed by atoms with Crippen LogP contribution < -0.4 is 0 Å². The molecule has 266 valence electrons. The van der Waals surface area contributed by atoms with Crippen molar-refractivity contribution in [2.24, 2.45) is 0 Å². The molecular formula is C42H39F3N4O3. The van der Waals surface area contributed by atoms with Crippen LogP contribution in [0.4, 0.5) is 13.2 Å². The van der Waals surface area contributed by atoms with E-state index in [0.717, 1.165) is 41.1 Å². The maximum absolute atomic E-state index is 14.5. The fourth-order valence-corrected chi connectivity index (χ4v) is 6.26. The number of piperazine rings is 1. The highest BCUT2D eigenvalue weighted by Crippen LogP contribution is 2.29. The number of carbonyl (C=O) groups is 2.